The molecule has 0 aromatic heterocycles. The molecule has 2 nitrogen and oxygen atoms in total. The third-order valence-corrected chi connectivity index (χ3v) is 3.97. The zero-order valence-electron chi connectivity index (χ0n) is 9.72. The fourth-order valence-corrected chi connectivity index (χ4v) is 3.06. The number of rotatable bonds is 3. The van der Waals surface area contributed by atoms with Gasteiger partial charge >= 0.3 is 0 Å². The van der Waals surface area contributed by atoms with Gasteiger partial charge in [-0.05, 0) is 12.5 Å². The zero-order chi connectivity index (χ0) is 11.4. The second-order valence-electron chi connectivity index (χ2n) is 4.53. The number of nitrogens with zero attached hydrogens (tertiary/aromatic N) is 1. The van der Waals surface area contributed by atoms with Crippen LogP contribution < -0.4 is 0 Å². The number of hydrogen-bond acceptors (Lipinski definition) is 3. The second-order valence-corrected chi connectivity index (χ2v) is 5.75. The quantitative estimate of drug-likeness (QED) is 0.869. The molecule has 0 saturated carbocycles. The predicted molar refractivity (Wildman–Crippen MR) is 69.8 cm³/mol. The molecule has 0 spiro atoms. The fourth-order valence-electron chi connectivity index (χ4n) is 2.08. The van der Waals surface area contributed by atoms with Crippen LogP contribution >= 0.6 is 11.8 Å². The number of β-amino-alcohol motifs (C(OH)–C–C–N with tert-alkyl or cyclic N) is 1. The second kappa shape index (κ2) is 5.21. The Kier molecular flexibility index (Phi) is 3.90. The van der Waals surface area contributed by atoms with Crippen LogP contribution in [-0.4, -0.2) is 41.1 Å². The summed E-state index contributed by atoms with van der Waals surface area (Å²) < 4.78 is 0. The molecule has 88 valence electrons. The van der Waals surface area contributed by atoms with Crippen LogP contribution in [0.15, 0.2) is 30.3 Å². The topological polar surface area (TPSA) is 23.5 Å². The molecule has 0 aliphatic carbocycles. The minimum absolute atomic E-state index is 0.733. The van der Waals surface area contributed by atoms with E-state index in [0.717, 1.165) is 25.2 Å². The molecule has 1 heterocycles. The van der Waals surface area contributed by atoms with Crippen molar-refractivity contribution in [3.63, 3.8) is 0 Å². The van der Waals surface area contributed by atoms with Crippen LogP contribution in [0.1, 0.15) is 12.5 Å². The lowest BCUT2D eigenvalue weighted by Gasteiger charge is -2.34. The summed E-state index contributed by atoms with van der Waals surface area (Å²) in [5, 5.41) is 10.5. The van der Waals surface area contributed by atoms with E-state index >= 15 is 0 Å². The molecule has 1 aliphatic rings. The number of aliphatic hydroxyl groups is 1. The van der Waals surface area contributed by atoms with Crippen molar-refractivity contribution in [3.05, 3.63) is 35.9 Å². The molecule has 16 heavy (non-hydrogen) atoms. The summed E-state index contributed by atoms with van der Waals surface area (Å²) in [6.45, 7) is 4.82. The van der Waals surface area contributed by atoms with Crippen molar-refractivity contribution in [2.75, 3.05) is 31.1 Å². The fraction of sp³-hybridized carbons (Fsp3) is 0.538. The Morgan fingerprint density at radius 3 is 2.50 bits per heavy atom. The Morgan fingerprint density at radius 2 is 1.88 bits per heavy atom. The van der Waals surface area contributed by atoms with Crippen molar-refractivity contribution in [1.82, 2.24) is 4.90 Å². The average Bonchev–Trinajstić information content (AvgIpc) is 2.31. The highest BCUT2D eigenvalue weighted by atomic mass is 32.2. The van der Waals surface area contributed by atoms with Crippen molar-refractivity contribution in [2.24, 2.45) is 0 Å². The van der Waals surface area contributed by atoms with E-state index in [-0.39, 0.29) is 0 Å². The van der Waals surface area contributed by atoms with E-state index < -0.39 is 5.60 Å². The van der Waals surface area contributed by atoms with E-state index in [4.69, 9.17) is 0 Å². The van der Waals surface area contributed by atoms with Crippen molar-refractivity contribution >= 4 is 11.8 Å². The summed E-state index contributed by atoms with van der Waals surface area (Å²) >= 11 is 2.00. The van der Waals surface area contributed by atoms with E-state index in [1.165, 1.54) is 11.5 Å². The van der Waals surface area contributed by atoms with Gasteiger partial charge in [0.05, 0.1) is 5.60 Å². The van der Waals surface area contributed by atoms with Crippen molar-refractivity contribution in [1.29, 1.82) is 0 Å². The Morgan fingerprint density at radius 1 is 1.25 bits per heavy atom. The average molecular weight is 237 g/mol. The molecule has 1 fully saturated rings. The van der Waals surface area contributed by atoms with Gasteiger partial charge in [0, 0.05) is 31.1 Å². The van der Waals surface area contributed by atoms with Crippen molar-refractivity contribution in [3.8, 4) is 0 Å². The third kappa shape index (κ3) is 3.00. The molecule has 1 atom stereocenters. The number of hydrogen-bond donors (Lipinski definition) is 1. The van der Waals surface area contributed by atoms with Gasteiger partial charge in [-0.3, -0.25) is 4.90 Å². The van der Waals surface area contributed by atoms with Gasteiger partial charge in [-0.25, -0.2) is 0 Å². The molecule has 0 amide bonds. The first-order chi connectivity index (χ1) is 7.68. The molecule has 3 heteroatoms. The number of benzene rings is 1. The van der Waals surface area contributed by atoms with Gasteiger partial charge in [-0.15, -0.1) is 0 Å². The molecular weight excluding hydrogens is 218 g/mol. The third-order valence-electron chi connectivity index (χ3n) is 3.03. The molecule has 2 rings (SSSR count). The van der Waals surface area contributed by atoms with E-state index in [0.29, 0.717) is 0 Å². The standard InChI is InChI=1S/C13H19NOS/c1-13(15,12-5-3-2-4-6-12)11-14-7-9-16-10-8-14/h2-6,15H,7-11H2,1H3. The molecule has 1 N–H and O–H groups in total. The molecule has 1 aliphatic heterocycles. The summed E-state index contributed by atoms with van der Waals surface area (Å²) in [4.78, 5) is 2.35. The first kappa shape index (κ1) is 12.0. The van der Waals surface area contributed by atoms with Crippen molar-refractivity contribution in [2.45, 2.75) is 12.5 Å². The molecular formula is C13H19NOS. The van der Waals surface area contributed by atoms with Crippen LogP contribution in [0, 0.1) is 0 Å². The summed E-state index contributed by atoms with van der Waals surface area (Å²) in [5.41, 5.74) is 0.275. The maximum atomic E-state index is 10.5. The normalized spacial score (nSPS) is 21.6. The van der Waals surface area contributed by atoms with Crippen LogP contribution in [0.3, 0.4) is 0 Å². The van der Waals surface area contributed by atoms with Gasteiger partial charge in [0.15, 0.2) is 0 Å². The van der Waals surface area contributed by atoms with Crippen LogP contribution in [0.4, 0.5) is 0 Å². The Hall–Kier alpha value is -0.510. The zero-order valence-corrected chi connectivity index (χ0v) is 10.5. The van der Waals surface area contributed by atoms with Gasteiger partial charge in [0.1, 0.15) is 0 Å². The van der Waals surface area contributed by atoms with Gasteiger partial charge in [0.25, 0.3) is 0 Å². The minimum Gasteiger partial charge on any atom is -0.384 e. The largest absolute Gasteiger partial charge is 0.384 e. The highest BCUT2D eigenvalue weighted by molar-refractivity contribution is 7.99. The maximum Gasteiger partial charge on any atom is 0.0994 e. The maximum absolute atomic E-state index is 10.5. The molecule has 1 unspecified atom stereocenters. The lowest BCUT2D eigenvalue weighted by molar-refractivity contribution is 0.0187. The van der Waals surface area contributed by atoms with Crippen LogP contribution in [-0.2, 0) is 5.60 Å². The molecule has 1 aromatic rings. The van der Waals surface area contributed by atoms with Gasteiger partial charge < -0.3 is 5.11 Å². The summed E-state index contributed by atoms with van der Waals surface area (Å²) in [5.74, 6) is 2.37. The Balaban J connectivity index is 2.01. The van der Waals surface area contributed by atoms with E-state index in [1.54, 1.807) is 0 Å². The van der Waals surface area contributed by atoms with Crippen LogP contribution in [0.2, 0.25) is 0 Å². The Labute approximate surface area is 102 Å². The van der Waals surface area contributed by atoms with Gasteiger partial charge in [-0.2, -0.15) is 11.8 Å². The molecule has 1 aromatic carbocycles. The smallest absolute Gasteiger partial charge is 0.0994 e. The lowest BCUT2D eigenvalue weighted by Crippen LogP contribution is -2.42. The highest BCUT2D eigenvalue weighted by Crippen LogP contribution is 2.22. The summed E-state index contributed by atoms with van der Waals surface area (Å²) in [6.07, 6.45) is 0. The predicted octanol–water partition coefficient (Wildman–Crippen LogP) is 1.94. The molecule has 1 saturated heterocycles. The van der Waals surface area contributed by atoms with Crippen LogP contribution in [0.5, 0.6) is 0 Å². The highest BCUT2D eigenvalue weighted by Gasteiger charge is 2.26. The molecule has 0 bridgehead atoms. The van der Waals surface area contributed by atoms with E-state index in [1.807, 2.05) is 49.0 Å². The summed E-state index contributed by atoms with van der Waals surface area (Å²) in [7, 11) is 0. The first-order valence-corrected chi connectivity index (χ1v) is 6.92. The van der Waals surface area contributed by atoms with E-state index in [9.17, 15) is 5.11 Å². The lowest BCUT2D eigenvalue weighted by atomic mass is 9.95. The first-order valence-electron chi connectivity index (χ1n) is 5.76. The SMILES string of the molecule is CC(O)(CN1CCSCC1)c1ccccc1. The van der Waals surface area contributed by atoms with Crippen molar-refractivity contribution < 1.29 is 5.11 Å². The summed E-state index contributed by atoms with van der Waals surface area (Å²) in [6, 6.07) is 9.94. The Bertz CT molecular complexity index is 320. The molecule has 0 radical (unpaired) electrons. The number of thioether (sulfide) groups is 1. The van der Waals surface area contributed by atoms with Gasteiger partial charge in [-0.1, -0.05) is 30.3 Å². The van der Waals surface area contributed by atoms with E-state index in [2.05, 4.69) is 4.90 Å². The van der Waals surface area contributed by atoms with Gasteiger partial charge in [0.2, 0.25) is 0 Å². The van der Waals surface area contributed by atoms with Crippen LogP contribution in [0.25, 0.3) is 0 Å². The minimum atomic E-state index is -0.733. The monoisotopic (exact) mass is 237 g/mol.